The second-order valence-corrected chi connectivity index (χ2v) is 6.70. The Balaban J connectivity index is 1.40. The van der Waals surface area contributed by atoms with Crippen LogP contribution in [0.4, 0.5) is 0 Å². The molecular formula is C16H13ClN4O4S. The molecule has 4 rings (SSSR count). The number of rotatable bonds is 5. The smallest absolute Gasteiger partial charge is 0.330 e. The summed E-state index contributed by atoms with van der Waals surface area (Å²) in [5, 5.41) is 16.3. The molecule has 1 aliphatic heterocycles. The molecule has 10 heteroatoms. The van der Waals surface area contributed by atoms with E-state index in [0.717, 1.165) is 11.1 Å². The minimum atomic E-state index is -0.486. The van der Waals surface area contributed by atoms with Gasteiger partial charge in [-0.2, -0.15) is 16.1 Å². The van der Waals surface area contributed by atoms with E-state index in [4.69, 9.17) is 25.8 Å². The zero-order valence-electron chi connectivity index (χ0n) is 13.4. The molecule has 8 nitrogen and oxygen atoms in total. The number of carbonyl (C=O) groups excluding carboxylic acids is 1. The van der Waals surface area contributed by atoms with Crippen molar-refractivity contribution in [2.75, 3.05) is 6.79 Å². The first-order valence-electron chi connectivity index (χ1n) is 7.67. The molecule has 1 aliphatic rings. The minimum Gasteiger partial charge on any atom is -0.467 e. The molecular weight excluding hydrogens is 380 g/mol. The van der Waals surface area contributed by atoms with Crippen LogP contribution >= 0.6 is 22.9 Å². The molecule has 2 aromatic heterocycles. The summed E-state index contributed by atoms with van der Waals surface area (Å²) in [6.45, 7) is 0.465. The fourth-order valence-electron chi connectivity index (χ4n) is 2.50. The van der Waals surface area contributed by atoms with Crippen molar-refractivity contribution in [1.29, 1.82) is 0 Å². The van der Waals surface area contributed by atoms with Crippen molar-refractivity contribution in [2.45, 2.75) is 19.8 Å². The van der Waals surface area contributed by atoms with Crippen molar-refractivity contribution < 1.29 is 19.0 Å². The first-order chi connectivity index (χ1) is 12.7. The number of fused-ring (bicyclic) bond motifs is 1. The summed E-state index contributed by atoms with van der Waals surface area (Å²) in [7, 11) is 0. The quantitative estimate of drug-likeness (QED) is 0.616. The fourth-order valence-corrected chi connectivity index (χ4v) is 3.40. The predicted octanol–water partition coefficient (Wildman–Crippen LogP) is 2.66. The van der Waals surface area contributed by atoms with Crippen LogP contribution in [-0.2, 0) is 34.0 Å². The molecule has 0 unspecified atom stereocenters. The van der Waals surface area contributed by atoms with Gasteiger partial charge in [0, 0.05) is 27.1 Å². The van der Waals surface area contributed by atoms with E-state index < -0.39 is 5.97 Å². The highest BCUT2D eigenvalue weighted by molar-refractivity contribution is 7.08. The van der Waals surface area contributed by atoms with Crippen LogP contribution in [0.1, 0.15) is 11.1 Å². The number of ether oxygens (including phenoxy) is 3. The van der Waals surface area contributed by atoms with Crippen LogP contribution in [0.25, 0.3) is 11.4 Å². The Kier molecular flexibility index (Phi) is 4.83. The first kappa shape index (κ1) is 17.0. The largest absolute Gasteiger partial charge is 0.467 e. The second-order valence-electron chi connectivity index (χ2n) is 5.48. The summed E-state index contributed by atoms with van der Waals surface area (Å²) < 4.78 is 16.0. The highest BCUT2D eigenvalue weighted by atomic mass is 35.5. The van der Waals surface area contributed by atoms with E-state index in [9.17, 15) is 4.79 Å². The third kappa shape index (κ3) is 3.69. The highest BCUT2D eigenvalue weighted by Crippen LogP contribution is 2.32. The van der Waals surface area contributed by atoms with Gasteiger partial charge >= 0.3 is 5.97 Å². The van der Waals surface area contributed by atoms with Crippen molar-refractivity contribution in [3.05, 3.63) is 45.1 Å². The van der Waals surface area contributed by atoms with Gasteiger partial charge in [0.1, 0.15) is 12.4 Å². The predicted molar refractivity (Wildman–Crippen MR) is 92.7 cm³/mol. The number of thiophene rings is 1. The van der Waals surface area contributed by atoms with E-state index in [-0.39, 0.29) is 19.9 Å². The van der Waals surface area contributed by atoms with Crippen molar-refractivity contribution in [1.82, 2.24) is 20.2 Å². The van der Waals surface area contributed by atoms with Gasteiger partial charge in [-0.3, -0.25) is 0 Å². The van der Waals surface area contributed by atoms with Crippen LogP contribution < -0.4 is 4.74 Å². The Morgan fingerprint density at radius 3 is 3.19 bits per heavy atom. The molecule has 0 spiro atoms. The number of aromatic nitrogens is 4. The lowest BCUT2D eigenvalue weighted by Gasteiger charge is -2.21. The molecule has 0 N–H and O–H groups in total. The normalized spacial score (nSPS) is 13.1. The summed E-state index contributed by atoms with van der Waals surface area (Å²) in [6, 6.07) is 5.37. The number of carbonyl (C=O) groups is 1. The summed E-state index contributed by atoms with van der Waals surface area (Å²) in [4.78, 5) is 13.3. The van der Waals surface area contributed by atoms with E-state index in [1.165, 1.54) is 16.1 Å². The SMILES string of the molecule is O=C(Cn1nnc(-c2ccsc2)n1)OCc1cc(Cl)cc2c1OCOC2. The van der Waals surface area contributed by atoms with Crippen LogP contribution in [0.3, 0.4) is 0 Å². The van der Waals surface area contributed by atoms with Gasteiger partial charge in [-0.1, -0.05) is 11.6 Å². The standard InChI is InChI=1S/C16H13ClN4O4S/c17-13-3-11-6-23-9-25-15(11)12(4-13)7-24-14(22)5-21-19-16(18-20-21)10-1-2-26-8-10/h1-4,8H,5-7,9H2. The average molecular weight is 393 g/mol. The number of esters is 1. The Morgan fingerprint density at radius 2 is 2.35 bits per heavy atom. The topological polar surface area (TPSA) is 88.4 Å². The second kappa shape index (κ2) is 7.40. The maximum Gasteiger partial charge on any atom is 0.330 e. The van der Waals surface area contributed by atoms with Crippen molar-refractivity contribution in [3.63, 3.8) is 0 Å². The number of halogens is 1. The minimum absolute atomic E-state index is 0.0355. The monoisotopic (exact) mass is 392 g/mol. The lowest BCUT2D eigenvalue weighted by atomic mass is 10.1. The van der Waals surface area contributed by atoms with E-state index in [1.807, 2.05) is 16.8 Å². The summed E-state index contributed by atoms with van der Waals surface area (Å²) in [5.41, 5.74) is 2.38. The molecule has 0 amide bonds. The Morgan fingerprint density at radius 1 is 1.42 bits per heavy atom. The van der Waals surface area contributed by atoms with Gasteiger partial charge in [0.2, 0.25) is 5.82 Å². The molecule has 0 aliphatic carbocycles. The molecule has 26 heavy (non-hydrogen) atoms. The molecule has 0 atom stereocenters. The third-order valence-corrected chi connectivity index (χ3v) is 4.54. The summed E-state index contributed by atoms with van der Waals surface area (Å²) >= 11 is 7.63. The maximum absolute atomic E-state index is 12.1. The van der Waals surface area contributed by atoms with Crippen LogP contribution in [-0.4, -0.2) is 33.0 Å². The summed E-state index contributed by atoms with van der Waals surface area (Å²) in [6.07, 6.45) is 0. The molecule has 0 radical (unpaired) electrons. The van der Waals surface area contributed by atoms with Crippen molar-refractivity contribution in [3.8, 4) is 17.1 Å². The molecule has 3 heterocycles. The number of hydrogen-bond donors (Lipinski definition) is 0. The van der Waals surface area contributed by atoms with Gasteiger partial charge in [0.05, 0.1) is 6.61 Å². The number of benzene rings is 1. The first-order valence-corrected chi connectivity index (χ1v) is 8.99. The Hall–Kier alpha value is -2.49. The van der Waals surface area contributed by atoms with Crippen LogP contribution in [0.5, 0.6) is 5.75 Å². The van der Waals surface area contributed by atoms with Gasteiger partial charge in [0.15, 0.2) is 13.3 Å². The van der Waals surface area contributed by atoms with Crippen LogP contribution in [0, 0.1) is 0 Å². The van der Waals surface area contributed by atoms with Gasteiger partial charge in [0.25, 0.3) is 0 Å². The number of nitrogens with zero attached hydrogens (tertiary/aromatic N) is 4. The molecule has 0 bridgehead atoms. The molecule has 134 valence electrons. The summed E-state index contributed by atoms with van der Waals surface area (Å²) in [5.74, 6) is 0.628. The maximum atomic E-state index is 12.1. The van der Waals surface area contributed by atoms with E-state index in [1.54, 1.807) is 12.1 Å². The van der Waals surface area contributed by atoms with Crippen molar-refractivity contribution >= 4 is 28.9 Å². The van der Waals surface area contributed by atoms with Gasteiger partial charge in [-0.15, -0.1) is 10.2 Å². The van der Waals surface area contributed by atoms with E-state index in [2.05, 4.69) is 15.4 Å². The van der Waals surface area contributed by atoms with Crippen LogP contribution in [0.15, 0.2) is 29.0 Å². The lowest BCUT2D eigenvalue weighted by molar-refractivity contribution is -0.146. The van der Waals surface area contributed by atoms with Gasteiger partial charge < -0.3 is 14.2 Å². The third-order valence-electron chi connectivity index (χ3n) is 3.64. The van der Waals surface area contributed by atoms with E-state index in [0.29, 0.717) is 28.8 Å². The number of hydrogen-bond acceptors (Lipinski definition) is 8. The zero-order chi connectivity index (χ0) is 17.9. The van der Waals surface area contributed by atoms with Crippen molar-refractivity contribution in [2.24, 2.45) is 0 Å². The number of tetrazole rings is 1. The zero-order valence-corrected chi connectivity index (χ0v) is 15.0. The van der Waals surface area contributed by atoms with Gasteiger partial charge in [-0.25, -0.2) is 4.79 Å². The average Bonchev–Trinajstić information content (AvgIpc) is 3.31. The molecule has 0 saturated heterocycles. The fraction of sp³-hybridized carbons (Fsp3) is 0.250. The Bertz CT molecular complexity index is 928. The molecule has 3 aromatic rings. The molecule has 0 fully saturated rings. The van der Waals surface area contributed by atoms with E-state index >= 15 is 0 Å². The lowest BCUT2D eigenvalue weighted by Crippen LogP contribution is -2.17. The Labute approximate surface area is 157 Å². The molecule has 0 saturated carbocycles. The van der Waals surface area contributed by atoms with Crippen LogP contribution in [0.2, 0.25) is 5.02 Å². The molecule has 1 aromatic carbocycles. The van der Waals surface area contributed by atoms with Gasteiger partial charge in [-0.05, 0) is 28.8 Å². The highest BCUT2D eigenvalue weighted by Gasteiger charge is 2.18.